The van der Waals surface area contributed by atoms with E-state index in [1.165, 1.54) is 50.2 Å². The Morgan fingerprint density at radius 1 is 1.05 bits per heavy atom. The first-order valence-corrected chi connectivity index (χ1v) is 13.1. The van der Waals surface area contributed by atoms with Crippen LogP contribution in [0.3, 0.4) is 0 Å². The standard InChI is InChI=1S/C21H29N3OS.2C2HF3O2/c1-25-15-20-12-21(17-24(20)14-19-4-2-3-8-22-19)6-9-23(10-7-21)13-18-5-11-26-16-18;2*3-2(4,5)1(6)7/h2-5,8,11,16,20H,6-7,9-10,12-15,17H2,1H3;2*(H,6,7). The molecule has 8 nitrogen and oxygen atoms in total. The van der Waals surface area contributed by atoms with E-state index in [0.29, 0.717) is 11.5 Å². The third-order valence-corrected chi connectivity index (χ3v) is 7.29. The molecule has 15 heteroatoms. The molecule has 4 heterocycles. The first-order chi connectivity index (χ1) is 18.6. The number of nitrogens with zero attached hydrogens (tertiary/aromatic N) is 3. The summed E-state index contributed by atoms with van der Waals surface area (Å²) in [5.41, 5.74) is 3.09. The molecule has 2 saturated heterocycles. The Morgan fingerprint density at radius 3 is 2.10 bits per heavy atom. The van der Waals surface area contributed by atoms with Gasteiger partial charge in [-0.15, -0.1) is 0 Å². The summed E-state index contributed by atoms with van der Waals surface area (Å²) in [6.07, 6.45) is -4.40. The van der Waals surface area contributed by atoms with Crippen molar-refractivity contribution >= 4 is 23.3 Å². The van der Waals surface area contributed by atoms with Gasteiger partial charge in [0.05, 0.1) is 12.3 Å². The number of aliphatic carboxylic acids is 2. The summed E-state index contributed by atoms with van der Waals surface area (Å²) in [6, 6.07) is 8.99. The van der Waals surface area contributed by atoms with E-state index in [-0.39, 0.29) is 0 Å². The molecule has 1 atom stereocenters. The third-order valence-electron chi connectivity index (χ3n) is 6.56. The van der Waals surface area contributed by atoms with Crippen molar-refractivity contribution in [2.45, 2.75) is 50.7 Å². The number of piperidine rings is 1. The third kappa shape index (κ3) is 11.0. The molecule has 0 aliphatic carbocycles. The SMILES string of the molecule is COCC1CC2(CCN(Cc3ccsc3)CC2)CN1Cc1ccccn1.O=C(O)C(F)(F)F.O=C(O)C(F)(F)F. The zero-order chi connectivity index (χ0) is 30.0. The van der Waals surface area contributed by atoms with Gasteiger partial charge in [-0.25, -0.2) is 9.59 Å². The minimum atomic E-state index is -5.08. The van der Waals surface area contributed by atoms with E-state index in [2.05, 4.69) is 43.7 Å². The second kappa shape index (κ2) is 14.8. The van der Waals surface area contributed by atoms with Gasteiger partial charge in [0.25, 0.3) is 0 Å². The summed E-state index contributed by atoms with van der Waals surface area (Å²) in [6.45, 7) is 6.49. The van der Waals surface area contributed by atoms with Crippen LogP contribution in [-0.2, 0) is 27.4 Å². The average molecular weight is 600 g/mol. The molecule has 0 aromatic carbocycles. The number of ether oxygens (including phenoxy) is 1. The highest BCUT2D eigenvalue weighted by atomic mass is 32.1. The molecular weight excluding hydrogens is 568 g/mol. The fourth-order valence-corrected chi connectivity index (χ4v) is 5.34. The number of rotatable bonds is 6. The Kier molecular flexibility index (Phi) is 12.3. The summed E-state index contributed by atoms with van der Waals surface area (Å²) in [7, 11) is 1.83. The van der Waals surface area contributed by atoms with Crippen LogP contribution in [0.15, 0.2) is 41.2 Å². The first-order valence-electron chi connectivity index (χ1n) is 12.1. The van der Waals surface area contributed by atoms with Crippen molar-refractivity contribution in [3.63, 3.8) is 0 Å². The summed E-state index contributed by atoms with van der Waals surface area (Å²) in [5.74, 6) is -5.51. The molecular formula is C25H31F6N3O5S. The van der Waals surface area contributed by atoms with E-state index in [1.54, 1.807) is 11.3 Å². The molecule has 1 unspecified atom stereocenters. The highest BCUT2D eigenvalue weighted by Crippen LogP contribution is 2.44. The number of aromatic nitrogens is 1. The van der Waals surface area contributed by atoms with Crippen molar-refractivity contribution in [3.05, 3.63) is 52.5 Å². The second-order valence-electron chi connectivity index (χ2n) is 9.55. The number of carbonyl (C=O) groups is 2. The van der Waals surface area contributed by atoms with Crippen molar-refractivity contribution < 1.29 is 50.9 Å². The molecule has 1 spiro atoms. The topological polar surface area (TPSA) is 103 Å². The van der Waals surface area contributed by atoms with Gasteiger partial charge < -0.3 is 14.9 Å². The largest absolute Gasteiger partial charge is 0.490 e. The quantitative estimate of drug-likeness (QED) is 0.452. The van der Waals surface area contributed by atoms with E-state index in [1.807, 2.05) is 19.4 Å². The van der Waals surface area contributed by atoms with Crippen molar-refractivity contribution in [3.8, 4) is 0 Å². The number of alkyl halides is 6. The van der Waals surface area contributed by atoms with Gasteiger partial charge >= 0.3 is 24.3 Å². The summed E-state index contributed by atoms with van der Waals surface area (Å²) < 4.78 is 69.0. The average Bonchev–Trinajstić information content (AvgIpc) is 3.49. The summed E-state index contributed by atoms with van der Waals surface area (Å²) in [5, 5.41) is 18.7. The van der Waals surface area contributed by atoms with Crippen LogP contribution < -0.4 is 0 Å². The van der Waals surface area contributed by atoms with Gasteiger partial charge in [0.15, 0.2) is 0 Å². The lowest BCUT2D eigenvalue weighted by atomic mass is 9.76. The normalized spacial score (nSPS) is 19.3. The summed E-state index contributed by atoms with van der Waals surface area (Å²) in [4.78, 5) is 27.6. The van der Waals surface area contributed by atoms with Crippen molar-refractivity contribution in [2.75, 3.05) is 33.4 Å². The van der Waals surface area contributed by atoms with E-state index in [9.17, 15) is 26.3 Å². The number of thiophene rings is 1. The highest BCUT2D eigenvalue weighted by Gasteiger charge is 2.45. The molecule has 2 N–H and O–H groups in total. The number of pyridine rings is 1. The molecule has 0 radical (unpaired) electrons. The number of halogens is 6. The smallest absolute Gasteiger partial charge is 0.475 e. The van der Waals surface area contributed by atoms with Crippen molar-refractivity contribution in [1.29, 1.82) is 0 Å². The lowest BCUT2D eigenvalue weighted by Gasteiger charge is -2.39. The molecule has 2 aromatic heterocycles. The van der Waals surface area contributed by atoms with Gasteiger partial charge in [-0.05, 0) is 72.3 Å². The van der Waals surface area contributed by atoms with Crippen LogP contribution in [-0.4, -0.2) is 88.7 Å². The zero-order valence-corrected chi connectivity index (χ0v) is 22.4. The Morgan fingerprint density at radius 2 is 1.65 bits per heavy atom. The maximum absolute atomic E-state index is 10.6. The van der Waals surface area contributed by atoms with E-state index in [0.717, 1.165) is 19.7 Å². The molecule has 0 saturated carbocycles. The molecule has 40 heavy (non-hydrogen) atoms. The van der Waals surface area contributed by atoms with Crippen molar-refractivity contribution in [2.24, 2.45) is 5.41 Å². The number of methoxy groups -OCH3 is 1. The van der Waals surface area contributed by atoms with Crippen LogP contribution in [0.5, 0.6) is 0 Å². The van der Waals surface area contributed by atoms with Crippen molar-refractivity contribution in [1.82, 2.24) is 14.8 Å². The van der Waals surface area contributed by atoms with Crippen LogP contribution in [0.1, 0.15) is 30.5 Å². The maximum Gasteiger partial charge on any atom is 0.490 e. The second-order valence-corrected chi connectivity index (χ2v) is 10.3. The van der Waals surface area contributed by atoms with E-state index >= 15 is 0 Å². The van der Waals surface area contributed by atoms with Gasteiger partial charge in [-0.2, -0.15) is 37.7 Å². The molecule has 4 rings (SSSR count). The zero-order valence-electron chi connectivity index (χ0n) is 21.6. The number of carboxylic acids is 2. The van der Waals surface area contributed by atoms with E-state index < -0.39 is 24.3 Å². The summed E-state index contributed by atoms with van der Waals surface area (Å²) >= 11 is 1.80. The lowest BCUT2D eigenvalue weighted by molar-refractivity contribution is -0.193. The van der Waals surface area contributed by atoms with Gasteiger partial charge in [-0.3, -0.25) is 14.8 Å². The molecule has 0 amide bonds. The fourth-order valence-electron chi connectivity index (χ4n) is 4.68. The monoisotopic (exact) mass is 599 g/mol. The highest BCUT2D eigenvalue weighted by molar-refractivity contribution is 7.07. The van der Waals surface area contributed by atoms with Crippen LogP contribution in [0.25, 0.3) is 0 Å². The molecule has 0 bridgehead atoms. The Bertz CT molecular complexity index is 1020. The maximum atomic E-state index is 10.6. The van der Waals surface area contributed by atoms with Gasteiger partial charge in [0.1, 0.15) is 0 Å². The molecule has 2 aliphatic heterocycles. The Labute approximate surface area is 231 Å². The first kappa shape index (κ1) is 33.5. The van der Waals surface area contributed by atoms with Crippen LogP contribution in [0, 0.1) is 5.41 Å². The minimum Gasteiger partial charge on any atom is -0.475 e. The van der Waals surface area contributed by atoms with Crippen LogP contribution in [0.4, 0.5) is 26.3 Å². The predicted octanol–water partition coefficient (Wildman–Crippen LogP) is 4.91. The van der Waals surface area contributed by atoms with Gasteiger partial charge in [0, 0.05) is 39.0 Å². The molecule has 224 valence electrons. The number of carboxylic acid groups (broad SMARTS) is 2. The minimum absolute atomic E-state index is 0.461. The molecule has 2 aliphatic rings. The van der Waals surface area contributed by atoms with Gasteiger partial charge in [0.2, 0.25) is 0 Å². The number of likely N-dealkylation sites (tertiary alicyclic amines) is 2. The molecule has 2 fully saturated rings. The number of hydrogen-bond acceptors (Lipinski definition) is 7. The fraction of sp³-hybridized carbons (Fsp3) is 0.560. The van der Waals surface area contributed by atoms with E-state index in [4.69, 9.17) is 24.5 Å². The Balaban J connectivity index is 0.000000333. The van der Waals surface area contributed by atoms with Crippen LogP contribution in [0.2, 0.25) is 0 Å². The van der Waals surface area contributed by atoms with Crippen LogP contribution >= 0.6 is 11.3 Å². The lowest BCUT2D eigenvalue weighted by Crippen LogP contribution is -2.41. The predicted molar refractivity (Wildman–Crippen MR) is 134 cm³/mol. The molecule has 2 aromatic rings. The number of hydrogen-bond donors (Lipinski definition) is 2. The Hall–Kier alpha value is -2.75. The van der Waals surface area contributed by atoms with Gasteiger partial charge in [-0.1, -0.05) is 6.07 Å².